The smallest absolute Gasteiger partial charge is 0.267 e. The first-order valence-corrected chi connectivity index (χ1v) is 5.67. The third kappa shape index (κ3) is 1.68. The van der Waals surface area contributed by atoms with Crippen molar-refractivity contribution in [3.05, 3.63) is 0 Å². The fourth-order valence-electron chi connectivity index (χ4n) is 2.41. The van der Waals surface area contributed by atoms with Crippen LogP contribution in [0.2, 0.25) is 0 Å². The molecule has 0 radical (unpaired) electrons. The van der Waals surface area contributed by atoms with Crippen LogP contribution in [0.5, 0.6) is 0 Å². The van der Waals surface area contributed by atoms with Gasteiger partial charge in [0.05, 0.1) is 0 Å². The summed E-state index contributed by atoms with van der Waals surface area (Å²) in [6.07, 6.45) is 7.78. The highest BCUT2D eigenvalue weighted by Crippen LogP contribution is 2.31. The first-order valence-electron chi connectivity index (χ1n) is 5.67. The van der Waals surface area contributed by atoms with Crippen molar-refractivity contribution in [2.45, 2.75) is 57.5 Å². The van der Waals surface area contributed by atoms with Crippen LogP contribution in [-0.4, -0.2) is 17.3 Å². The Balaban J connectivity index is 2.16. The van der Waals surface area contributed by atoms with E-state index in [-0.39, 0.29) is 11.6 Å². The number of nitrogens with zero attached hydrogens (tertiary/aromatic N) is 1. The summed E-state index contributed by atoms with van der Waals surface area (Å²) in [5.74, 6) is 0.0643. The molecule has 3 heteroatoms. The Hall–Kier alpha value is -0.860. The van der Waals surface area contributed by atoms with E-state index in [0.717, 1.165) is 25.0 Å². The molecule has 2 aliphatic rings. The van der Waals surface area contributed by atoms with Crippen molar-refractivity contribution in [2.24, 2.45) is 4.99 Å². The number of rotatable bonds is 1. The third-order valence-electron chi connectivity index (χ3n) is 3.22. The van der Waals surface area contributed by atoms with Gasteiger partial charge < -0.3 is 5.32 Å². The summed E-state index contributed by atoms with van der Waals surface area (Å²) in [5.41, 5.74) is 0.533. The molecule has 1 saturated carbocycles. The van der Waals surface area contributed by atoms with Crippen LogP contribution in [-0.2, 0) is 4.79 Å². The molecule has 1 heterocycles. The van der Waals surface area contributed by atoms with Crippen molar-refractivity contribution < 1.29 is 4.79 Å². The molecule has 1 spiro atoms. The molecule has 0 aromatic heterocycles. The zero-order valence-electron chi connectivity index (χ0n) is 8.81. The average Bonchev–Trinajstić information content (AvgIpc) is 2.36. The standard InChI is InChI=1S/C11H18N2O/c1-2-9-10(14)13-11(12-9)7-5-3-4-6-8-11/h2-8H2,1H3,(H,13,14). The number of carbonyl (C=O) groups is 1. The summed E-state index contributed by atoms with van der Waals surface area (Å²) < 4.78 is 0. The lowest BCUT2D eigenvalue weighted by molar-refractivity contribution is -0.115. The molecule has 0 aromatic carbocycles. The summed E-state index contributed by atoms with van der Waals surface area (Å²) in [7, 11) is 0. The van der Waals surface area contributed by atoms with Crippen LogP contribution in [0.1, 0.15) is 51.9 Å². The minimum Gasteiger partial charge on any atom is -0.327 e. The fourth-order valence-corrected chi connectivity index (χ4v) is 2.41. The van der Waals surface area contributed by atoms with Crippen molar-refractivity contribution >= 4 is 11.6 Å². The number of aliphatic imine (C=N–C) groups is 1. The molecular formula is C11H18N2O. The van der Waals surface area contributed by atoms with Crippen molar-refractivity contribution in [1.82, 2.24) is 5.32 Å². The summed E-state index contributed by atoms with van der Waals surface area (Å²) in [5, 5.41) is 3.07. The number of amides is 1. The van der Waals surface area contributed by atoms with Gasteiger partial charge >= 0.3 is 0 Å². The molecular weight excluding hydrogens is 176 g/mol. The van der Waals surface area contributed by atoms with Gasteiger partial charge in [0, 0.05) is 0 Å². The van der Waals surface area contributed by atoms with Crippen molar-refractivity contribution in [3.8, 4) is 0 Å². The van der Waals surface area contributed by atoms with Crippen LogP contribution >= 0.6 is 0 Å². The quantitative estimate of drug-likeness (QED) is 0.681. The summed E-state index contributed by atoms with van der Waals surface area (Å²) >= 11 is 0. The molecule has 1 fully saturated rings. The lowest BCUT2D eigenvalue weighted by Crippen LogP contribution is -2.41. The zero-order chi connectivity index (χ0) is 10.0. The third-order valence-corrected chi connectivity index (χ3v) is 3.22. The van der Waals surface area contributed by atoms with Crippen LogP contribution in [0.4, 0.5) is 0 Å². The van der Waals surface area contributed by atoms with E-state index < -0.39 is 0 Å². The molecule has 0 atom stereocenters. The van der Waals surface area contributed by atoms with Gasteiger partial charge in [0.2, 0.25) is 0 Å². The Labute approximate surface area is 85.0 Å². The molecule has 14 heavy (non-hydrogen) atoms. The zero-order valence-corrected chi connectivity index (χ0v) is 8.81. The van der Waals surface area contributed by atoms with Crippen molar-refractivity contribution in [2.75, 3.05) is 0 Å². The lowest BCUT2D eigenvalue weighted by Gasteiger charge is -2.24. The highest BCUT2D eigenvalue weighted by molar-refractivity contribution is 6.40. The maximum Gasteiger partial charge on any atom is 0.267 e. The van der Waals surface area contributed by atoms with Gasteiger partial charge in [-0.05, 0) is 32.1 Å². The lowest BCUT2D eigenvalue weighted by atomic mass is 10.0. The molecule has 1 aliphatic carbocycles. The number of carbonyl (C=O) groups excluding carboxylic acids is 1. The second-order valence-electron chi connectivity index (χ2n) is 4.31. The van der Waals surface area contributed by atoms with Crippen LogP contribution in [0.25, 0.3) is 0 Å². The van der Waals surface area contributed by atoms with Gasteiger partial charge in [0.15, 0.2) is 0 Å². The van der Waals surface area contributed by atoms with Gasteiger partial charge in [-0.1, -0.05) is 19.8 Å². The van der Waals surface area contributed by atoms with E-state index in [4.69, 9.17) is 0 Å². The minimum atomic E-state index is -0.209. The van der Waals surface area contributed by atoms with E-state index >= 15 is 0 Å². The molecule has 78 valence electrons. The predicted molar refractivity (Wildman–Crippen MR) is 56.3 cm³/mol. The molecule has 2 rings (SSSR count). The molecule has 0 aromatic rings. The number of hydrogen-bond acceptors (Lipinski definition) is 2. The van der Waals surface area contributed by atoms with E-state index in [1.807, 2.05) is 6.92 Å². The van der Waals surface area contributed by atoms with Crippen molar-refractivity contribution in [3.63, 3.8) is 0 Å². The van der Waals surface area contributed by atoms with Crippen LogP contribution in [0.15, 0.2) is 4.99 Å². The van der Waals surface area contributed by atoms with E-state index in [9.17, 15) is 4.79 Å². The van der Waals surface area contributed by atoms with E-state index in [1.165, 1.54) is 25.7 Å². The SMILES string of the molecule is CCC1=NC2(CCCCCC2)NC1=O. The van der Waals surface area contributed by atoms with Gasteiger partial charge in [-0.2, -0.15) is 0 Å². The van der Waals surface area contributed by atoms with E-state index in [0.29, 0.717) is 0 Å². The fraction of sp³-hybridized carbons (Fsp3) is 0.818. The maximum absolute atomic E-state index is 11.5. The van der Waals surface area contributed by atoms with Gasteiger partial charge in [-0.3, -0.25) is 9.79 Å². The average molecular weight is 194 g/mol. The van der Waals surface area contributed by atoms with Gasteiger partial charge in [-0.25, -0.2) is 0 Å². The number of hydrogen-bond donors (Lipinski definition) is 1. The van der Waals surface area contributed by atoms with Gasteiger partial charge in [0.25, 0.3) is 5.91 Å². The largest absolute Gasteiger partial charge is 0.327 e. The monoisotopic (exact) mass is 194 g/mol. The first-order chi connectivity index (χ1) is 6.76. The number of nitrogens with one attached hydrogen (secondary N) is 1. The van der Waals surface area contributed by atoms with E-state index in [2.05, 4.69) is 10.3 Å². The molecule has 1 aliphatic heterocycles. The van der Waals surface area contributed by atoms with Crippen LogP contribution in [0, 0.1) is 0 Å². The Bertz CT molecular complexity index is 262. The molecule has 0 unspecified atom stereocenters. The van der Waals surface area contributed by atoms with Crippen LogP contribution < -0.4 is 5.32 Å². The second kappa shape index (κ2) is 3.71. The summed E-state index contributed by atoms with van der Waals surface area (Å²) in [4.78, 5) is 16.1. The Morgan fingerprint density at radius 3 is 2.43 bits per heavy atom. The molecule has 1 N–H and O–H groups in total. The molecule has 0 saturated heterocycles. The minimum absolute atomic E-state index is 0.0643. The van der Waals surface area contributed by atoms with Crippen molar-refractivity contribution in [1.29, 1.82) is 0 Å². The summed E-state index contributed by atoms with van der Waals surface area (Å²) in [6, 6.07) is 0. The molecule has 3 nitrogen and oxygen atoms in total. The normalized spacial score (nSPS) is 25.8. The predicted octanol–water partition coefficient (Wildman–Crippen LogP) is 2.02. The highest BCUT2D eigenvalue weighted by atomic mass is 16.2. The van der Waals surface area contributed by atoms with Gasteiger partial charge in [-0.15, -0.1) is 0 Å². The topological polar surface area (TPSA) is 41.5 Å². The molecule has 1 amide bonds. The Kier molecular flexibility index (Phi) is 2.57. The second-order valence-corrected chi connectivity index (χ2v) is 4.31. The highest BCUT2D eigenvalue weighted by Gasteiger charge is 2.38. The summed E-state index contributed by atoms with van der Waals surface area (Å²) in [6.45, 7) is 1.99. The first kappa shape index (κ1) is 9.69. The molecule has 0 bridgehead atoms. The Morgan fingerprint density at radius 1 is 1.29 bits per heavy atom. The maximum atomic E-state index is 11.5. The van der Waals surface area contributed by atoms with E-state index in [1.54, 1.807) is 0 Å². The Morgan fingerprint density at radius 2 is 1.93 bits per heavy atom. The van der Waals surface area contributed by atoms with Crippen LogP contribution in [0.3, 0.4) is 0 Å². The van der Waals surface area contributed by atoms with Gasteiger partial charge in [0.1, 0.15) is 11.4 Å².